The SMILES string of the molecule is Fc1ccc([B-](c2ccc(F)cc2)(c2ccc(F)cc2)c2ccc(F)cc2)cc1.Fc1cccc([B-](c2cccc(F)c2)(c2cccc(F)c2)c2cccc(F)c2)c1. The molecule has 0 aromatic heterocycles. The van der Waals surface area contributed by atoms with Gasteiger partial charge in [-0.25, -0.2) is 35.1 Å². The molecular formula is C48H32B2F8-2. The molecule has 0 radical (unpaired) electrons. The van der Waals surface area contributed by atoms with Crippen LogP contribution < -0.4 is 43.7 Å². The van der Waals surface area contributed by atoms with Gasteiger partial charge in [-0.2, -0.15) is 43.7 Å². The number of hydrogen-bond acceptors (Lipinski definition) is 0. The first-order valence-corrected chi connectivity index (χ1v) is 18.4. The van der Waals surface area contributed by atoms with Gasteiger partial charge in [0.05, 0.1) is 0 Å². The maximum absolute atomic E-state index is 14.3. The summed E-state index contributed by atoms with van der Waals surface area (Å²) in [6, 6.07) is 47.5. The quantitative estimate of drug-likeness (QED) is 0.113. The molecule has 0 atom stereocenters. The number of benzene rings is 8. The Balaban J connectivity index is 0.000000177. The Bertz CT molecular complexity index is 2270. The van der Waals surface area contributed by atoms with Crippen molar-refractivity contribution >= 4 is 56.0 Å². The molecule has 0 unspecified atom stereocenters. The van der Waals surface area contributed by atoms with Crippen molar-refractivity contribution in [3.8, 4) is 0 Å². The van der Waals surface area contributed by atoms with E-state index in [1.807, 2.05) is 0 Å². The summed E-state index contributed by atoms with van der Waals surface area (Å²) < 4.78 is 112. The molecule has 0 fully saturated rings. The van der Waals surface area contributed by atoms with Gasteiger partial charge in [0, 0.05) is 0 Å². The van der Waals surface area contributed by atoms with Gasteiger partial charge in [0.25, 0.3) is 0 Å². The maximum atomic E-state index is 14.3. The summed E-state index contributed by atoms with van der Waals surface area (Å²) in [5.41, 5.74) is 4.96. The highest BCUT2D eigenvalue weighted by Crippen LogP contribution is 2.15. The molecule has 8 rings (SSSR count). The van der Waals surface area contributed by atoms with Crippen molar-refractivity contribution in [2.45, 2.75) is 0 Å². The molecule has 58 heavy (non-hydrogen) atoms. The van der Waals surface area contributed by atoms with Crippen molar-refractivity contribution in [2.75, 3.05) is 0 Å². The molecule has 0 bridgehead atoms. The van der Waals surface area contributed by atoms with Crippen LogP contribution in [0.25, 0.3) is 0 Å². The average molecular weight is 782 g/mol. The first-order chi connectivity index (χ1) is 28.0. The summed E-state index contributed by atoms with van der Waals surface area (Å²) in [6.07, 6.45) is -4.19. The van der Waals surface area contributed by atoms with E-state index in [0.29, 0.717) is 21.9 Å². The van der Waals surface area contributed by atoms with Crippen LogP contribution in [-0.2, 0) is 0 Å². The average Bonchev–Trinajstić information content (AvgIpc) is 3.21. The van der Waals surface area contributed by atoms with Crippen molar-refractivity contribution in [3.63, 3.8) is 0 Å². The van der Waals surface area contributed by atoms with E-state index in [2.05, 4.69) is 0 Å². The lowest BCUT2D eigenvalue weighted by atomic mass is 9.13. The van der Waals surface area contributed by atoms with Crippen molar-refractivity contribution in [3.05, 3.63) is 241 Å². The van der Waals surface area contributed by atoms with Gasteiger partial charge in [-0.1, -0.05) is 121 Å². The molecule has 0 saturated heterocycles. The molecule has 0 heterocycles. The van der Waals surface area contributed by atoms with Crippen molar-refractivity contribution < 1.29 is 35.1 Å². The lowest BCUT2D eigenvalue weighted by Gasteiger charge is -2.44. The minimum atomic E-state index is -2.25. The van der Waals surface area contributed by atoms with Crippen LogP contribution in [0.3, 0.4) is 0 Å². The highest BCUT2D eigenvalue weighted by atomic mass is 19.2. The lowest BCUT2D eigenvalue weighted by Crippen LogP contribution is -2.75. The predicted octanol–water partition coefficient (Wildman–Crippen LogP) is 7.24. The van der Waals surface area contributed by atoms with Crippen LogP contribution in [0.4, 0.5) is 35.1 Å². The van der Waals surface area contributed by atoms with Crippen LogP contribution >= 0.6 is 0 Å². The molecule has 0 amide bonds. The second-order valence-corrected chi connectivity index (χ2v) is 14.2. The Kier molecular flexibility index (Phi) is 11.5. The molecule has 0 aliphatic heterocycles. The monoisotopic (exact) mass is 782 g/mol. The van der Waals surface area contributed by atoms with Crippen LogP contribution in [0.1, 0.15) is 0 Å². The van der Waals surface area contributed by atoms with Crippen LogP contribution in [0.2, 0.25) is 0 Å². The third kappa shape index (κ3) is 7.83. The fourth-order valence-corrected chi connectivity index (χ4v) is 8.42. The maximum Gasteiger partial charge on any atom is 0.122 e. The fraction of sp³-hybridized carbons (Fsp3) is 0. The Morgan fingerprint density at radius 3 is 0.569 bits per heavy atom. The van der Waals surface area contributed by atoms with Crippen molar-refractivity contribution in [2.24, 2.45) is 0 Å². The largest absolute Gasteiger partial charge is 0.207 e. The Morgan fingerprint density at radius 2 is 0.379 bits per heavy atom. The summed E-state index contributed by atoms with van der Waals surface area (Å²) >= 11 is 0. The minimum Gasteiger partial charge on any atom is -0.207 e. The van der Waals surface area contributed by atoms with E-state index in [0.717, 1.165) is 21.9 Å². The number of hydrogen-bond donors (Lipinski definition) is 0. The molecule has 0 aliphatic carbocycles. The zero-order valence-electron chi connectivity index (χ0n) is 30.7. The topological polar surface area (TPSA) is 0 Å². The molecule has 8 aromatic carbocycles. The van der Waals surface area contributed by atoms with Gasteiger partial charge < -0.3 is 0 Å². The highest BCUT2D eigenvalue weighted by Gasteiger charge is 2.34. The number of halogens is 8. The van der Waals surface area contributed by atoms with Gasteiger partial charge in [-0.15, -0.1) is 0 Å². The standard InChI is InChI=1S/2C24H16BF4/c26-21-9-1-17(2-10-21)25(18-3-11-22(27)12-4-18,19-5-13-23(28)14-6-19)20-7-15-24(29)16-8-20;26-21-9-1-5-17(13-21)25(18-6-2-10-22(27)14-18,19-7-3-11-23(28)15-19)20-8-4-12-24(29)16-20/h2*1-16H/q2*-1. The van der Waals surface area contributed by atoms with Gasteiger partial charge >= 0.3 is 0 Å². The molecule has 0 nitrogen and oxygen atoms in total. The van der Waals surface area contributed by atoms with Gasteiger partial charge in [0.1, 0.15) is 58.8 Å². The second kappa shape index (κ2) is 16.8. The molecule has 0 N–H and O–H groups in total. The van der Waals surface area contributed by atoms with E-state index in [4.69, 9.17) is 0 Å². The summed E-state index contributed by atoms with van der Waals surface area (Å²) in [6.45, 7) is 0. The smallest absolute Gasteiger partial charge is 0.122 e. The Labute approximate surface area is 330 Å². The van der Waals surface area contributed by atoms with Gasteiger partial charge in [-0.05, 0) is 72.8 Å². The van der Waals surface area contributed by atoms with Gasteiger partial charge in [-0.3, -0.25) is 0 Å². The van der Waals surface area contributed by atoms with E-state index in [-0.39, 0.29) is 0 Å². The van der Waals surface area contributed by atoms with Crippen LogP contribution in [-0.4, -0.2) is 12.3 Å². The molecule has 0 spiro atoms. The fourth-order valence-electron chi connectivity index (χ4n) is 8.42. The molecule has 10 heteroatoms. The molecule has 0 aliphatic rings. The van der Waals surface area contributed by atoms with Crippen molar-refractivity contribution in [1.29, 1.82) is 0 Å². The summed E-state index contributed by atoms with van der Waals surface area (Å²) in [4.78, 5) is 0. The first kappa shape index (κ1) is 39.6. The third-order valence-corrected chi connectivity index (χ3v) is 10.9. The van der Waals surface area contributed by atoms with E-state index in [1.165, 1.54) is 97.1 Å². The zero-order valence-corrected chi connectivity index (χ0v) is 30.7. The normalized spacial score (nSPS) is 11.4. The predicted molar refractivity (Wildman–Crippen MR) is 220 cm³/mol. The lowest BCUT2D eigenvalue weighted by molar-refractivity contribution is 0.627. The molecular weight excluding hydrogens is 750 g/mol. The summed E-state index contributed by atoms with van der Waals surface area (Å²) in [7, 11) is 0. The van der Waals surface area contributed by atoms with Crippen molar-refractivity contribution in [1.82, 2.24) is 0 Å². The van der Waals surface area contributed by atoms with Gasteiger partial charge in [0.15, 0.2) is 0 Å². The highest BCUT2D eigenvalue weighted by molar-refractivity contribution is 7.20. The van der Waals surface area contributed by atoms with Crippen LogP contribution in [0, 0.1) is 46.5 Å². The van der Waals surface area contributed by atoms with Crippen LogP contribution in [0.15, 0.2) is 194 Å². The van der Waals surface area contributed by atoms with E-state index >= 15 is 0 Å². The first-order valence-electron chi connectivity index (χ1n) is 18.4. The van der Waals surface area contributed by atoms with E-state index in [1.54, 1.807) is 97.1 Å². The van der Waals surface area contributed by atoms with Crippen LogP contribution in [0.5, 0.6) is 0 Å². The number of rotatable bonds is 8. The van der Waals surface area contributed by atoms with E-state index < -0.39 is 58.8 Å². The van der Waals surface area contributed by atoms with E-state index in [9.17, 15) is 35.1 Å². The summed E-state index contributed by atoms with van der Waals surface area (Å²) in [5, 5.41) is 0. The Morgan fingerprint density at radius 1 is 0.190 bits per heavy atom. The molecule has 288 valence electrons. The Hall–Kier alpha value is -6.67. The second-order valence-electron chi connectivity index (χ2n) is 14.2. The summed E-state index contributed by atoms with van der Waals surface area (Å²) in [5.74, 6) is -3.52. The zero-order chi connectivity index (χ0) is 40.9. The minimum absolute atomic E-state index is 0.393. The third-order valence-electron chi connectivity index (χ3n) is 10.9. The van der Waals surface area contributed by atoms with Gasteiger partial charge in [0.2, 0.25) is 0 Å². The molecule has 0 saturated carbocycles. The molecule has 8 aromatic rings.